The van der Waals surface area contributed by atoms with Gasteiger partial charge in [0.25, 0.3) is 0 Å². The lowest BCUT2D eigenvalue weighted by Gasteiger charge is -2.06. The van der Waals surface area contributed by atoms with Crippen molar-refractivity contribution in [2.45, 2.75) is 39.2 Å². The predicted molar refractivity (Wildman–Crippen MR) is 58.4 cm³/mol. The van der Waals surface area contributed by atoms with E-state index in [4.69, 9.17) is 0 Å². The number of nitrogens with zero attached hydrogens (tertiary/aromatic N) is 1. The van der Waals surface area contributed by atoms with Gasteiger partial charge in [-0.15, -0.1) is 11.3 Å². The highest BCUT2D eigenvalue weighted by Gasteiger charge is 2.07. The Hall–Kier alpha value is -0.410. The third kappa shape index (κ3) is 3.08. The molecule has 0 saturated carbocycles. The van der Waals surface area contributed by atoms with Crippen molar-refractivity contribution in [2.75, 3.05) is 7.05 Å². The molecule has 0 bridgehead atoms. The number of aromatic nitrogens is 1. The summed E-state index contributed by atoms with van der Waals surface area (Å²) in [5, 5.41) is 4.48. The van der Waals surface area contributed by atoms with E-state index < -0.39 is 0 Å². The van der Waals surface area contributed by atoms with Crippen molar-refractivity contribution in [3.8, 4) is 0 Å². The first-order valence-electron chi connectivity index (χ1n) is 4.75. The van der Waals surface area contributed by atoms with Gasteiger partial charge < -0.3 is 5.32 Å². The quantitative estimate of drug-likeness (QED) is 0.803. The smallest absolute Gasteiger partial charge is 0.0953 e. The van der Waals surface area contributed by atoms with Crippen LogP contribution < -0.4 is 5.32 Å². The van der Waals surface area contributed by atoms with Crippen LogP contribution in [0, 0.1) is 0 Å². The molecule has 0 aromatic carbocycles. The molecule has 1 N–H and O–H groups in total. The third-order valence-corrected chi connectivity index (χ3v) is 3.39. The molecule has 1 aromatic rings. The Morgan fingerprint density at radius 1 is 1.46 bits per heavy atom. The van der Waals surface area contributed by atoms with Gasteiger partial charge in [-0.2, -0.15) is 0 Å². The Kier molecular flexibility index (Phi) is 3.88. The van der Waals surface area contributed by atoms with Crippen molar-refractivity contribution in [1.29, 1.82) is 0 Å². The maximum absolute atomic E-state index is 4.39. The third-order valence-electron chi connectivity index (χ3n) is 2.07. The molecule has 0 aliphatic heterocycles. The topological polar surface area (TPSA) is 24.9 Å². The zero-order chi connectivity index (χ0) is 9.84. The Labute approximate surface area is 84.4 Å². The van der Waals surface area contributed by atoms with Crippen molar-refractivity contribution in [1.82, 2.24) is 10.3 Å². The zero-order valence-electron chi connectivity index (χ0n) is 8.79. The van der Waals surface area contributed by atoms with Gasteiger partial charge in [0.05, 0.1) is 5.01 Å². The molecule has 0 aliphatic rings. The molecule has 0 radical (unpaired) electrons. The Bertz CT molecular complexity index is 255. The summed E-state index contributed by atoms with van der Waals surface area (Å²) in [4.78, 5) is 5.77. The molecule has 2 nitrogen and oxygen atoms in total. The fourth-order valence-electron chi connectivity index (χ4n) is 1.09. The van der Waals surface area contributed by atoms with Crippen LogP contribution in [0.4, 0.5) is 0 Å². The number of nitrogens with one attached hydrogen (secondary N) is 1. The summed E-state index contributed by atoms with van der Waals surface area (Å²) in [7, 11) is 2.00. The first kappa shape index (κ1) is 10.7. The van der Waals surface area contributed by atoms with E-state index in [2.05, 4.69) is 31.1 Å². The molecule has 13 heavy (non-hydrogen) atoms. The monoisotopic (exact) mass is 198 g/mol. The fraction of sp³-hybridized carbons (Fsp3) is 0.700. The molecule has 1 heterocycles. The van der Waals surface area contributed by atoms with E-state index >= 15 is 0 Å². The summed E-state index contributed by atoms with van der Waals surface area (Å²) in [5.41, 5.74) is 0. The van der Waals surface area contributed by atoms with Gasteiger partial charge >= 0.3 is 0 Å². The minimum atomic E-state index is 0.542. The lowest BCUT2D eigenvalue weighted by Crippen LogP contribution is -2.22. The molecule has 3 heteroatoms. The van der Waals surface area contributed by atoms with Crippen molar-refractivity contribution >= 4 is 11.3 Å². The highest BCUT2D eigenvalue weighted by molar-refractivity contribution is 7.11. The second-order valence-corrected chi connectivity index (χ2v) is 4.86. The first-order chi connectivity index (χ1) is 6.13. The van der Waals surface area contributed by atoms with Crippen LogP contribution in [0.3, 0.4) is 0 Å². The Morgan fingerprint density at radius 2 is 2.15 bits per heavy atom. The van der Waals surface area contributed by atoms with Crippen LogP contribution in [0.15, 0.2) is 6.20 Å². The number of hydrogen-bond acceptors (Lipinski definition) is 3. The van der Waals surface area contributed by atoms with Gasteiger partial charge in [-0.1, -0.05) is 13.8 Å². The van der Waals surface area contributed by atoms with E-state index in [-0.39, 0.29) is 0 Å². The van der Waals surface area contributed by atoms with Crippen molar-refractivity contribution in [3.05, 3.63) is 16.1 Å². The van der Waals surface area contributed by atoms with E-state index in [1.165, 1.54) is 9.88 Å². The minimum absolute atomic E-state index is 0.542. The molecular weight excluding hydrogens is 180 g/mol. The number of rotatable bonds is 4. The summed E-state index contributed by atoms with van der Waals surface area (Å²) < 4.78 is 0. The molecule has 0 aliphatic carbocycles. The summed E-state index contributed by atoms with van der Waals surface area (Å²) >= 11 is 1.83. The Morgan fingerprint density at radius 3 is 2.62 bits per heavy atom. The van der Waals surface area contributed by atoms with E-state index in [0.29, 0.717) is 12.0 Å². The van der Waals surface area contributed by atoms with Gasteiger partial charge in [-0.05, 0) is 20.4 Å². The average Bonchev–Trinajstić information content (AvgIpc) is 2.52. The molecule has 1 aromatic heterocycles. The van der Waals surface area contributed by atoms with Gasteiger partial charge in [0.2, 0.25) is 0 Å². The molecule has 0 spiro atoms. The first-order valence-corrected chi connectivity index (χ1v) is 5.57. The minimum Gasteiger partial charge on any atom is -0.317 e. The molecule has 1 rings (SSSR count). The fourth-order valence-corrected chi connectivity index (χ4v) is 2.14. The summed E-state index contributed by atoms with van der Waals surface area (Å²) in [6, 6.07) is 0.542. The van der Waals surface area contributed by atoms with Crippen molar-refractivity contribution in [3.63, 3.8) is 0 Å². The molecule has 1 unspecified atom stereocenters. The van der Waals surface area contributed by atoms with Crippen LogP contribution in [0.2, 0.25) is 0 Å². The maximum atomic E-state index is 4.39. The zero-order valence-corrected chi connectivity index (χ0v) is 9.61. The van der Waals surface area contributed by atoms with Gasteiger partial charge in [-0.3, -0.25) is 0 Å². The number of thiazole rings is 1. The molecule has 74 valence electrons. The highest BCUT2D eigenvalue weighted by atomic mass is 32.1. The standard InChI is InChI=1S/C10H18N2S/c1-7(2)10-12-6-9(13-10)5-8(3)11-4/h6-8,11H,5H2,1-4H3. The Balaban J connectivity index is 2.58. The largest absolute Gasteiger partial charge is 0.317 e. The SMILES string of the molecule is CNC(C)Cc1cnc(C(C)C)s1. The molecule has 0 amide bonds. The summed E-state index contributed by atoms with van der Waals surface area (Å²) in [6.07, 6.45) is 3.09. The van der Waals surface area contributed by atoms with Crippen molar-refractivity contribution in [2.24, 2.45) is 0 Å². The molecule has 1 atom stereocenters. The summed E-state index contributed by atoms with van der Waals surface area (Å²) in [6.45, 7) is 6.56. The van der Waals surface area contributed by atoms with Crippen LogP contribution in [-0.4, -0.2) is 18.1 Å². The predicted octanol–water partition coefficient (Wildman–Crippen LogP) is 2.42. The van der Waals surface area contributed by atoms with E-state index in [0.717, 1.165) is 6.42 Å². The average molecular weight is 198 g/mol. The van der Waals surface area contributed by atoms with Gasteiger partial charge in [0.1, 0.15) is 0 Å². The second-order valence-electron chi connectivity index (χ2n) is 3.71. The molecular formula is C10H18N2S. The van der Waals surface area contributed by atoms with E-state index in [1.807, 2.05) is 24.6 Å². The normalized spacial score (nSPS) is 13.6. The van der Waals surface area contributed by atoms with Gasteiger partial charge in [0, 0.05) is 23.0 Å². The number of hydrogen-bond donors (Lipinski definition) is 1. The van der Waals surface area contributed by atoms with Crippen LogP contribution in [0.25, 0.3) is 0 Å². The van der Waals surface area contributed by atoms with Gasteiger partial charge in [0.15, 0.2) is 0 Å². The molecule has 0 saturated heterocycles. The van der Waals surface area contributed by atoms with Crippen LogP contribution in [-0.2, 0) is 6.42 Å². The van der Waals surface area contributed by atoms with Crippen LogP contribution in [0.5, 0.6) is 0 Å². The maximum Gasteiger partial charge on any atom is 0.0953 e. The summed E-state index contributed by atoms with van der Waals surface area (Å²) in [5.74, 6) is 0.559. The van der Waals surface area contributed by atoms with E-state index in [9.17, 15) is 0 Å². The number of likely N-dealkylation sites (N-methyl/N-ethyl adjacent to an activating group) is 1. The second kappa shape index (κ2) is 4.72. The highest BCUT2D eigenvalue weighted by Crippen LogP contribution is 2.21. The van der Waals surface area contributed by atoms with Crippen LogP contribution >= 0.6 is 11.3 Å². The van der Waals surface area contributed by atoms with E-state index in [1.54, 1.807) is 0 Å². The van der Waals surface area contributed by atoms with Crippen LogP contribution in [0.1, 0.15) is 36.6 Å². The molecule has 0 fully saturated rings. The van der Waals surface area contributed by atoms with Crippen molar-refractivity contribution < 1.29 is 0 Å². The lowest BCUT2D eigenvalue weighted by molar-refractivity contribution is 0.612. The lowest BCUT2D eigenvalue weighted by atomic mass is 10.2. The van der Waals surface area contributed by atoms with Gasteiger partial charge in [-0.25, -0.2) is 4.98 Å².